The fourth-order valence-corrected chi connectivity index (χ4v) is 3.31. The number of aromatic nitrogens is 5. The molecule has 0 amide bonds. The molecule has 1 aliphatic heterocycles. The van der Waals surface area contributed by atoms with Crippen LogP contribution >= 0.6 is 0 Å². The molecule has 128 valence electrons. The molecule has 1 N–H and O–H groups in total. The maximum Gasteiger partial charge on any atom is 0.181 e. The van der Waals surface area contributed by atoms with Gasteiger partial charge in [-0.1, -0.05) is 30.3 Å². The Bertz CT molecular complexity index is 821. The van der Waals surface area contributed by atoms with Crippen LogP contribution in [0.1, 0.15) is 36.1 Å². The Hall–Kier alpha value is -2.60. The van der Waals surface area contributed by atoms with E-state index in [9.17, 15) is 0 Å². The third-order valence-electron chi connectivity index (χ3n) is 4.72. The molecule has 0 saturated carbocycles. The molecule has 3 aromatic rings. The molecule has 0 aliphatic carbocycles. The van der Waals surface area contributed by atoms with Gasteiger partial charge >= 0.3 is 0 Å². The fourth-order valence-electron chi connectivity index (χ4n) is 3.31. The molecular weight excluding hydrogens is 312 g/mol. The van der Waals surface area contributed by atoms with Crippen molar-refractivity contribution < 1.29 is 0 Å². The topological polar surface area (TPSA) is 70.6 Å². The minimum Gasteiger partial charge on any atom is -0.296 e. The molecule has 1 aliphatic rings. The lowest BCUT2D eigenvalue weighted by Crippen LogP contribution is -2.33. The van der Waals surface area contributed by atoms with E-state index in [1.807, 2.05) is 49.5 Å². The highest BCUT2D eigenvalue weighted by Gasteiger charge is 2.24. The lowest BCUT2D eigenvalue weighted by molar-refractivity contribution is 0.197. The van der Waals surface area contributed by atoms with Gasteiger partial charge in [-0.2, -0.15) is 5.10 Å². The number of aryl methyl sites for hydroxylation is 1. The normalized spacial score (nSPS) is 16.2. The fraction of sp³-hybridized carbons (Fsp3) is 0.368. The van der Waals surface area contributed by atoms with E-state index in [4.69, 9.17) is 4.98 Å². The van der Waals surface area contributed by atoms with E-state index in [0.717, 1.165) is 61.2 Å². The largest absolute Gasteiger partial charge is 0.296 e. The Morgan fingerprint density at radius 2 is 1.88 bits per heavy atom. The molecule has 1 aromatic carbocycles. The number of nitrogens with zero attached hydrogens (tertiary/aromatic N) is 5. The van der Waals surface area contributed by atoms with Crippen molar-refractivity contribution in [2.75, 3.05) is 13.1 Å². The van der Waals surface area contributed by atoms with Crippen molar-refractivity contribution in [1.29, 1.82) is 0 Å². The van der Waals surface area contributed by atoms with E-state index >= 15 is 0 Å². The molecule has 0 radical (unpaired) electrons. The van der Waals surface area contributed by atoms with Gasteiger partial charge in [0, 0.05) is 23.4 Å². The molecule has 6 nitrogen and oxygen atoms in total. The van der Waals surface area contributed by atoms with Crippen molar-refractivity contribution in [1.82, 2.24) is 30.0 Å². The van der Waals surface area contributed by atoms with Crippen LogP contribution < -0.4 is 0 Å². The van der Waals surface area contributed by atoms with E-state index < -0.39 is 0 Å². The maximum absolute atomic E-state index is 4.71. The molecule has 0 atom stereocenters. The summed E-state index contributed by atoms with van der Waals surface area (Å²) in [7, 11) is 0. The first-order valence-corrected chi connectivity index (χ1v) is 8.76. The summed E-state index contributed by atoms with van der Waals surface area (Å²) in [5.41, 5.74) is 2.08. The molecule has 1 fully saturated rings. The predicted octanol–water partition coefficient (Wildman–Crippen LogP) is 2.95. The number of likely N-dealkylation sites (tertiary alicyclic amines) is 1. The Labute approximate surface area is 147 Å². The number of H-pyrrole nitrogens is 1. The molecule has 0 unspecified atom stereocenters. The number of hydrogen-bond acceptors (Lipinski definition) is 5. The average molecular weight is 334 g/mol. The van der Waals surface area contributed by atoms with Gasteiger partial charge in [0.25, 0.3) is 0 Å². The Morgan fingerprint density at radius 1 is 1.08 bits per heavy atom. The zero-order chi connectivity index (χ0) is 17.1. The number of piperidine rings is 1. The van der Waals surface area contributed by atoms with Gasteiger partial charge in [-0.05, 0) is 38.9 Å². The van der Waals surface area contributed by atoms with Crippen molar-refractivity contribution >= 4 is 0 Å². The highest BCUT2D eigenvalue weighted by molar-refractivity contribution is 5.53. The van der Waals surface area contributed by atoms with Gasteiger partial charge in [-0.25, -0.2) is 15.0 Å². The first-order chi connectivity index (χ1) is 12.3. The van der Waals surface area contributed by atoms with Gasteiger partial charge < -0.3 is 0 Å². The third kappa shape index (κ3) is 3.74. The van der Waals surface area contributed by atoms with Gasteiger partial charge in [0.15, 0.2) is 5.82 Å². The maximum atomic E-state index is 4.71. The van der Waals surface area contributed by atoms with Crippen LogP contribution in [0.4, 0.5) is 0 Å². The van der Waals surface area contributed by atoms with Crippen LogP contribution in [-0.2, 0) is 6.54 Å². The summed E-state index contributed by atoms with van der Waals surface area (Å²) >= 11 is 0. The summed E-state index contributed by atoms with van der Waals surface area (Å²) in [5, 5.41) is 7.53. The number of nitrogens with one attached hydrogen (secondary N) is 1. The zero-order valence-corrected chi connectivity index (χ0v) is 14.4. The first-order valence-electron chi connectivity index (χ1n) is 8.76. The molecule has 1 saturated heterocycles. The summed E-state index contributed by atoms with van der Waals surface area (Å²) < 4.78 is 0. The quantitative estimate of drug-likeness (QED) is 0.794. The van der Waals surface area contributed by atoms with E-state index in [2.05, 4.69) is 25.1 Å². The standard InChI is InChI=1S/C19H22N6/c1-14-7-10-20-17(21-14)13-25-11-8-16(9-12-25)19-22-18(23-24-19)15-5-3-2-4-6-15/h2-7,10,16H,8-9,11-13H2,1H3,(H,22,23,24). The molecular formula is C19H22N6. The molecule has 0 bridgehead atoms. The van der Waals surface area contributed by atoms with E-state index in [1.165, 1.54) is 0 Å². The van der Waals surface area contributed by atoms with Crippen molar-refractivity contribution in [3.63, 3.8) is 0 Å². The molecule has 0 spiro atoms. The van der Waals surface area contributed by atoms with Gasteiger partial charge in [0.2, 0.25) is 0 Å². The second-order valence-corrected chi connectivity index (χ2v) is 6.57. The molecule has 6 heteroatoms. The number of rotatable bonds is 4. The average Bonchev–Trinajstić information content (AvgIpc) is 3.13. The Morgan fingerprint density at radius 3 is 2.64 bits per heavy atom. The van der Waals surface area contributed by atoms with Crippen LogP contribution in [0.5, 0.6) is 0 Å². The van der Waals surface area contributed by atoms with Gasteiger partial charge in [-0.15, -0.1) is 0 Å². The van der Waals surface area contributed by atoms with Gasteiger partial charge in [0.05, 0.1) is 6.54 Å². The Kier molecular flexibility index (Phi) is 4.52. The van der Waals surface area contributed by atoms with E-state index in [1.54, 1.807) is 0 Å². The smallest absolute Gasteiger partial charge is 0.181 e. The summed E-state index contributed by atoms with van der Waals surface area (Å²) in [4.78, 5) is 16.0. The van der Waals surface area contributed by atoms with Crippen molar-refractivity contribution in [3.8, 4) is 11.4 Å². The van der Waals surface area contributed by atoms with Crippen LogP contribution in [0.2, 0.25) is 0 Å². The van der Waals surface area contributed by atoms with Crippen LogP contribution in [0.3, 0.4) is 0 Å². The molecule has 4 rings (SSSR count). The zero-order valence-electron chi connectivity index (χ0n) is 14.4. The van der Waals surface area contributed by atoms with Crippen molar-refractivity contribution in [2.24, 2.45) is 0 Å². The van der Waals surface area contributed by atoms with Crippen LogP contribution in [0, 0.1) is 6.92 Å². The van der Waals surface area contributed by atoms with E-state index in [-0.39, 0.29) is 0 Å². The van der Waals surface area contributed by atoms with Crippen LogP contribution in [0.25, 0.3) is 11.4 Å². The summed E-state index contributed by atoms with van der Waals surface area (Å²) in [5.74, 6) is 3.14. The second-order valence-electron chi connectivity index (χ2n) is 6.57. The predicted molar refractivity (Wildman–Crippen MR) is 95.8 cm³/mol. The number of hydrogen-bond donors (Lipinski definition) is 1. The minimum atomic E-state index is 0.444. The van der Waals surface area contributed by atoms with Gasteiger partial charge in [-0.3, -0.25) is 10.00 Å². The summed E-state index contributed by atoms with van der Waals surface area (Å²) in [6.45, 7) is 4.89. The highest BCUT2D eigenvalue weighted by atomic mass is 15.2. The third-order valence-corrected chi connectivity index (χ3v) is 4.72. The van der Waals surface area contributed by atoms with Gasteiger partial charge in [0.1, 0.15) is 11.6 Å². The van der Waals surface area contributed by atoms with Crippen molar-refractivity contribution in [3.05, 3.63) is 59.9 Å². The van der Waals surface area contributed by atoms with Crippen molar-refractivity contribution in [2.45, 2.75) is 32.2 Å². The monoisotopic (exact) mass is 334 g/mol. The first kappa shape index (κ1) is 15.9. The Balaban J connectivity index is 1.37. The lowest BCUT2D eigenvalue weighted by Gasteiger charge is -2.30. The summed E-state index contributed by atoms with van der Waals surface area (Å²) in [6.07, 6.45) is 3.99. The molecule has 2 aromatic heterocycles. The number of aromatic amines is 1. The highest BCUT2D eigenvalue weighted by Crippen LogP contribution is 2.27. The summed E-state index contributed by atoms with van der Waals surface area (Å²) in [6, 6.07) is 12.0. The van der Waals surface area contributed by atoms with Crippen LogP contribution in [0.15, 0.2) is 42.6 Å². The lowest BCUT2D eigenvalue weighted by atomic mass is 9.96. The second kappa shape index (κ2) is 7.11. The molecule has 3 heterocycles. The van der Waals surface area contributed by atoms with E-state index in [0.29, 0.717) is 5.92 Å². The molecule has 25 heavy (non-hydrogen) atoms. The van der Waals surface area contributed by atoms with Crippen LogP contribution in [-0.4, -0.2) is 43.1 Å². The number of benzene rings is 1. The SMILES string of the molecule is Cc1ccnc(CN2CCC(c3nc(-c4ccccc4)n[nH]3)CC2)n1. The minimum absolute atomic E-state index is 0.444.